The maximum absolute atomic E-state index is 12.6. The maximum Gasteiger partial charge on any atom is 0.235 e. The topological polar surface area (TPSA) is 83.6 Å². The Morgan fingerprint density at radius 2 is 2.10 bits per heavy atom. The summed E-state index contributed by atoms with van der Waals surface area (Å²) >= 11 is 2.95. The molecule has 2 aliphatic carbocycles. The molecule has 8 heteroatoms. The lowest BCUT2D eigenvalue weighted by atomic mass is 9.96. The van der Waals surface area contributed by atoms with Crippen LogP contribution in [0.1, 0.15) is 66.3 Å². The van der Waals surface area contributed by atoms with E-state index >= 15 is 0 Å². The van der Waals surface area contributed by atoms with E-state index in [0.29, 0.717) is 23.0 Å². The highest BCUT2D eigenvalue weighted by molar-refractivity contribution is 7.99. The SMILES string of the molecule is C=CCn1c(SCC(=O)Nc2sc3c(c2C#N)CCCC3)nnc1C1CCCC1. The van der Waals surface area contributed by atoms with Crippen LogP contribution in [0.5, 0.6) is 0 Å². The third-order valence-electron chi connectivity index (χ3n) is 5.65. The van der Waals surface area contributed by atoms with Crippen molar-refractivity contribution in [3.05, 3.63) is 34.5 Å². The Hall–Kier alpha value is -2.11. The normalized spacial score (nSPS) is 16.4. The van der Waals surface area contributed by atoms with E-state index in [4.69, 9.17) is 0 Å². The number of aromatic nitrogens is 3. The number of thioether (sulfide) groups is 1. The number of aryl methyl sites for hydroxylation is 1. The number of nitriles is 1. The summed E-state index contributed by atoms with van der Waals surface area (Å²) < 4.78 is 2.09. The first kappa shape index (κ1) is 20.2. The van der Waals surface area contributed by atoms with Crippen LogP contribution >= 0.6 is 23.1 Å². The van der Waals surface area contributed by atoms with Crippen molar-refractivity contribution in [3.63, 3.8) is 0 Å². The molecular weight excluding hydrogens is 402 g/mol. The zero-order valence-electron chi connectivity index (χ0n) is 16.4. The Labute approximate surface area is 179 Å². The predicted molar refractivity (Wildman–Crippen MR) is 116 cm³/mol. The molecule has 0 radical (unpaired) electrons. The number of nitrogens with one attached hydrogen (secondary N) is 1. The minimum absolute atomic E-state index is 0.110. The number of carbonyl (C=O) groups excluding carboxylic acids is 1. The second-order valence-electron chi connectivity index (χ2n) is 7.59. The third kappa shape index (κ3) is 4.26. The molecule has 1 N–H and O–H groups in total. The van der Waals surface area contributed by atoms with Crippen LogP contribution in [0.2, 0.25) is 0 Å². The Morgan fingerprint density at radius 1 is 1.31 bits per heavy atom. The molecular formula is C21H25N5OS2. The van der Waals surface area contributed by atoms with Crippen molar-refractivity contribution in [1.82, 2.24) is 14.8 Å². The molecule has 0 spiro atoms. The number of rotatable bonds is 7. The summed E-state index contributed by atoms with van der Waals surface area (Å²) in [6.07, 6.45) is 10.9. The Kier molecular flexibility index (Phi) is 6.36. The van der Waals surface area contributed by atoms with Crippen molar-refractivity contribution in [2.45, 2.75) is 69.0 Å². The summed E-state index contributed by atoms with van der Waals surface area (Å²) in [6.45, 7) is 4.50. The second-order valence-corrected chi connectivity index (χ2v) is 9.63. The van der Waals surface area contributed by atoms with Gasteiger partial charge in [0.2, 0.25) is 5.91 Å². The molecule has 0 aliphatic heterocycles. The number of hydrogen-bond donors (Lipinski definition) is 1. The lowest BCUT2D eigenvalue weighted by molar-refractivity contribution is -0.113. The van der Waals surface area contributed by atoms with Gasteiger partial charge in [-0.2, -0.15) is 5.26 Å². The highest BCUT2D eigenvalue weighted by Crippen LogP contribution is 2.38. The predicted octanol–water partition coefficient (Wildman–Crippen LogP) is 4.66. The summed E-state index contributed by atoms with van der Waals surface area (Å²) in [4.78, 5) is 13.8. The van der Waals surface area contributed by atoms with Gasteiger partial charge in [-0.1, -0.05) is 30.7 Å². The van der Waals surface area contributed by atoms with Gasteiger partial charge < -0.3 is 9.88 Å². The molecule has 1 fully saturated rings. The summed E-state index contributed by atoms with van der Waals surface area (Å²) in [5.41, 5.74) is 1.79. The maximum atomic E-state index is 12.6. The fourth-order valence-electron chi connectivity index (χ4n) is 4.26. The minimum atomic E-state index is -0.110. The van der Waals surface area contributed by atoms with E-state index in [1.54, 1.807) is 11.3 Å². The number of allylic oxidation sites excluding steroid dienone is 1. The van der Waals surface area contributed by atoms with Gasteiger partial charge in [-0.25, -0.2) is 0 Å². The van der Waals surface area contributed by atoms with Gasteiger partial charge in [0.05, 0.1) is 11.3 Å². The monoisotopic (exact) mass is 427 g/mol. The van der Waals surface area contributed by atoms with Gasteiger partial charge in [0.25, 0.3) is 0 Å². The molecule has 2 aromatic heterocycles. The Balaban J connectivity index is 1.43. The molecule has 0 bridgehead atoms. The first-order valence-corrected chi connectivity index (χ1v) is 12.0. The van der Waals surface area contributed by atoms with Crippen molar-refractivity contribution in [1.29, 1.82) is 5.26 Å². The van der Waals surface area contributed by atoms with E-state index in [2.05, 4.69) is 32.7 Å². The van der Waals surface area contributed by atoms with E-state index in [0.717, 1.165) is 55.1 Å². The summed E-state index contributed by atoms with van der Waals surface area (Å²) in [7, 11) is 0. The van der Waals surface area contributed by atoms with E-state index in [9.17, 15) is 10.1 Å². The van der Waals surface area contributed by atoms with E-state index in [-0.39, 0.29) is 11.7 Å². The molecule has 2 heterocycles. The second kappa shape index (κ2) is 9.14. The number of amides is 1. The quantitative estimate of drug-likeness (QED) is 0.513. The molecule has 0 unspecified atom stereocenters. The highest BCUT2D eigenvalue weighted by Gasteiger charge is 2.25. The van der Waals surface area contributed by atoms with E-state index in [1.807, 2.05) is 6.08 Å². The first-order valence-electron chi connectivity index (χ1n) is 10.2. The molecule has 1 amide bonds. The fraction of sp³-hybridized carbons (Fsp3) is 0.524. The van der Waals surface area contributed by atoms with Gasteiger partial charge in [0.15, 0.2) is 5.16 Å². The van der Waals surface area contributed by atoms with Gasteiger partial charge in [0, 0.05) is 17.3 Å². The van der Waals surface area contributed by atoms with Crippen LogP contribution in [-0.2, 0) is 24.2 Å². The van der Waals surface area contributed by atoms with Crippen molar-refractivity contribution >= 4 is 34.0 Å². The van der Waals surface area contributed by atoms with Crippen LogP contribution in [0.4, 0.5) is 5.00 Å². The fourth-order valence-corrected chi connectivity index (χ4v) is 6.27. The van der Waals surface area contributed by atoms with Crippen LogP contribution in [-0.4, -0.2) is 26.4 Å². The molecule has 4 rings (SSSR count). The molecule has 6 nitrogen and oxygen atoms in total. The Morgan fingerprint density at radius 3 is 2.86 bits per heavy atom. The van der Waals surface area contributed by atoms with Gasteiger partial charge in [-0.05, 0) is 44.1 Å². The van der Waals surface area contributed by atoms with Gasteiger partial charge in [-0.15, -0.1) is 28.1 Å². The summed E-state index contributed by atoms with van der Waals surface area (Å²) in [6, 6.07) is 2.29. The minimum Gasteiger partial charge on any atom is -0.316 e. The van der Waals surface area contributed by atoms with E-state index < -0.39 is 0 Å². The third-order valence-corrected chi connectivity index (χ3v) is 7.82. The summed E-state index contributed by atoms with van der Waals surface area (Å²) in [5.74, 6) is 1.61. The average Bonchev–Trinajstić information content (AvgIpc) is 3.45. The summed E-state index contributed by atoms with van der Waals surface area (Å²) in [5, 5.41) is 22.7. The number of anilines is 1. The molecule has 0 saturated heterocycles. The van der Waals surface area contributed by atoms with Crippen LogP contribution in [0.15, 0.2) is 17.8 Å². The average molecular weight is 428 g/mol. The number of thiophene rings is 1. The standard InChI is InChI=1S/C21H25N5OS2/c1-2-11-26-19(14-7-3-4-8-14)24-25-21(26)28-13-18(27)23-20-16(12-22)15-9-5-6-10-17(15)29-20/h2,14H,1,3-11,13H2,(H,23,27). The van der Waals surface area contributed by atoms with Crippen LogP contribution in [0, 0.1) is 11.3 Å². The van der Waals surface area contributed by atoms with Gasteiger partial charge in [0.1, 0.15) is 16.9 Å². The zero-order chi connectivity index (χ0) is 20.2. The van der Waals surface area contributed by atoms with Crippen molar-refractivity contribution in [3.8, 4) is 6.07 Å². The lowest BCUT2D eigenvalue weighted by Crippen LogP contribution is -2.15. The Bertz CT molecular complexity index is 949. The number of nitrogens with zero attached hydrogens (tertiary/aromatic N) is 4. The van der Waals surface area contributed by atoms with Crippen LogP contribution in [0.3, 0.4) is 0 Å². The van der Waals surface area contributed by atoms with E-state index in [1.165, 1.54) is 29.5 Å². The van der Waals surface area contributed by atoms with Crippen molar-refractivity contribution in [2.75, 3.05) is 11.1 Å². The molecule has 0 atom stereocenters. The molecule has 1 saturated carbocycles. The number of hydrogen-bond acceptors (Lipinski definition) is 6. The molecule has 2 aromatic rings. The van der Waals surface area contributed by atoms with Crippen LogP contribution < -0.4 is 5.32 Å². The molecule has 0 aromatic carbocycles. The zero-order valence-corrected chi connectivity index (χ0v) is 18.1. The van der Waals surface area contributed by atoms with Crippen molar-refractivity contribution in [2.24, 2.45) is 0 Å². The van der Waals surface area contributed by atoms with Gasteiger partial charge in [-0.3, -0.25) is 4.79 Å². The van der Waals surface area contributed by atoms with Crippen molar-refractivity contribution < 1.29 is 4.79 Å². The highest BCUT2D eigenvalue weighted by atomic mass is 32.2. The largest absolute Gasteiger partial charge is 0.316 e. The first-order chi connectivity index (χ1) is 14.2. The smallest absolute Gasteiger partial charge is 0.235 e. The number of carbonyl (C=O) groups is 1. The molecule has 152 valence electrons. The number of fused-ring (bicyclic) bond motifs is 1. The van der Waals surface area contributed by atoms with Crippen LogP contribution in [0.25, 0.3) is 0 Å². The molecule has 2 aliphatic rings. The molecule has 29 heavy (non-hydrogen) atoms. The lowest BCUT2D eigenvalue weighted by Gasteiger charge is -2.11. The van der Waals surface area contributed by atoms with Gasteiger partial charge >= 0.3 is 0 Å².